The maximum Gasteiger partial charge on any atom is 0.409 e. The summed E-state index contributed by atoms with van der Waals surface area (Å²) < 4.78 is 6.74. The minimum atomic E-state index is -0.919. The Balaban J connectivity index is 1.98. The van der Waals surface area contributed by atoms with E-state index in [0.717, 1.165) is 12.8 Å². The van der Waals surface area contributed by atoms with Gasteiger partial charge in [0.25, 0.3) is 0 Å². The van der Waals surface area contributed by atoms with Crippen molar-refractivity contribution in [3.05, 3.63) is 24.0 Å². The Morgan fingerprint density at radius 1 is 1.42 bits per heavy atom. The second-order valence-corrected chi connectivity index (χ2v) is 4.52. The molecule has 6 nitrogen and oxygen atoms in total. The number of ether oxygens (including phenoxy) is 1. The quantitative estimate of drug-likeness (QED) is 0.908. The Kier molecular flexibility index (Phi) is 4.09. The molecule has 0 radical (unpaired) electrons. The molecule has 1 aliphatic heterocycles. The van der Waals surface area contributed by atoms with E-state index in [1.165, 1.54) is 0 Å². The summed E-state index contributed by atoms with van der Waals surface area (Å²) in [7, 11) is 0. The number of aromatic nitrogens is 1. The second-order valence-electron chi connectivity index (χ2n) is 4.52. The van der Waals surface area contributed by atoms with Crippen LogP contribution in [0.1, 0.15) is 36.3 Å². The summed E-state index contributed by atoms with van der Waals surface area (Å²) in [4.78, 5) is 24.3. The number of hydrogen-bond donors (Lipinski definition) is 1. The van der Waals surface area contributed by atoms with Gasteiger partial charge in [-0.05, 0) is 31.9 Å². The Hall–Kier alpha value is -1.98. The molecule has 1 saturated heterocycles. The van der Waals surface area contributed by atoms with Crippen LogP contribution in [-0.4, -0.2) is 46.3 Å². The van der Waals surface area contributed by atoms with Gasteiger partial charge in [0, 0.05) is 25.3 Å². The molecule has 0 atom stereocenters. The van der Waals surface area contributed by atoms with Crippen molar-refractivity contribution < 1.29 is 19.4 Å². The summed E-state index contributed by atoms with van der Waals surface area (Å²) >= 11 is 0. The number of rotatable bonds is 3. The fraction of sp³-hybridized carbons (Fsp3) is 0.538. The lowest BCUT2D eigenvalue weighted by Gasteiger charge is -2.32. The third kappa shape index (κ3) is 2.89. The smallest absolute Gasteiger partial charge is 0.409 e. The monoisotopic (exact) mass is 266 g/mol. The van der Waals surface area contributed by atoms with Gasteiger partial charge >= 0.3 is 12.1 Å². The van der Waals surface area contributed by atoms with Crippen molar-refractivity contribution in [1.29, 1.82) is 0 Å². The van der Waals surface area contributed by atoms with E-state index in [2.05, 4.69) is 0 Å². The van der Waals surface area contributed by atoms with Crippen LogP contribution in [0.15, 0.2) is 18.3 Å². The molecule has 0 saturated carbocycles. The largest absolute Gasteiger partial charge is 0.477 e. The van der Waals surface area contributed by atoms with Gasteiger partial charge in [-0.25, -0.2) is 9.59 Å². The molecule has 0 spiro atoms. The third-order valence-corrected chi connectivity index (χ3v) is 3.38. The molecule has 0 aliphatic carbocycles. The second kappa shape index (κ2) is 5.77. The lowest BCUT2D eigenvalue weighted by Crippen LogP contribution is -2.39. The van der Waals surface area contributed by atoms with Crippen molar-refractivity contribution in [2.75, 3.05) is 19.7 Å². The van der Waals surface area contributed by atoms with Crippen LogP contribution in [0.5, 0.6) is 0 Å². The molecule has 2 rings (SSSR count). The highest BCUT2D eigenvalue weighted by molar-refractivity contribution is 5.85. The van der Waals surface area contributed by atoms with Crippen LogP contribution in [0.25, 0.3) is 0 Å². The van der Waals surface area contributed by atoms with Crippen LogP contribution in [0.4, 0.5) is 4.79 Å². The lowest BCUT2D eigenvalue weighted by molar-refractivity contribution is 0.0672. The molecule has 2 heterocycles. The minimum Gasteiger partial charge on any atom is -0.477 e. The van der Waals surface area contributed by atoms with Gasteiger partial charge in [0.1, 0.15) is 5.69 Å². The van der Waals surface area contributed by atoms with Crippen LogP contribution in [0.3, 0.4) is 0 Å². The Bertz CT molecular complexity index is 461. The number of likely N-dealkylation sites (tertiary alicyclic amines) is 1. The predicted molar refractivity (Wildman–Crippen MR) is 68.3 cm³/mol. The summed E-state index contributed by atoms with van der Waals surface area (Å²) in [5.41, 5.74) is 0.301. The molecule has 0 unspecified atom stereocenters. The average Bonchev–Trinajstić information content (AvgIpc) is 2.88. The maximum atomic E-state index is 11.6. The van der Waals surface area contributed by atoms with Crippen molar-refractivity contribution in [1.82, 2.24) is 9.47 Å². The SMILES string of the molecule is CCOC(=O)N1CCC(n2cccc2C(=O)O)CC1. The zero-order valence-electron chi connectivity index (χ0n) is 10.9. The van der Waals surface area contributed by atoms with Gasteiger partial charge in [-0.3, -0.25) is 0 Å². The van der Waals surface area contributed by atoms with Gasteiger partial charge < -0.3 is 19.3 Å². The van der Waals surface area contributed by atoms with Crippen molar-refractivity contribution in [2.24, 2.45) is 0 Å². The lowest BCUT2D eigenvalue weighted by atomic mass is 10.1. The average molecular weight is 266 g/mol. The van der Waals surface area contributed by atoms with Crippen LogP contribution < -0.4 is 0 Å². The van der Waals surface area contributed by atoms with Crippen LogP contribution in [0, 0.1) is 0 Å². The summed E-state index contributed by atoms with van der Waals surface area (Å²) in [6.45, 7) is 3.35. The highest BCUT2D eigenvalue weighted by Gasteiger charge is 2.26. The topological polar surface area (TPSA) is 71.8 Å². The number of carbonyl (C=O) groups excluding carboxylic acids is 1. The first-order valence-corrected chi connectivity index (χ1v) is 6.45. The zero-order chi connectivity index (χ0) is 13.8. The Morgan fingerprint density at radius 2 is 2.11 bits per heavy atom. The fourth-order valence-corrected chi connectivity index (χ4v) is 2.43. The molecule has 1 N–H and O–H groups in total. The molecule has 1 fully saturated rings. The standard InChI is InChI=1S/C13H18N2O4/c1-2-19-13(18)14-8-5-10(6-9-14)15-7-3-4-11(15)12(16)17/h3-4,7,10H,2,5-6,8-9H2,1H3,(H,16,17). The number of amides is 1. The first kappa shape index (κ1) is 13.5. The number of carboxylic acids is 1. The zero-order valence-corrected chi connectivity index (χ0v) is 10.9. The molecule has 104 valence electrons. The normalized spacial score (nSPS) is 16.4. The predicted octanol–water partition coefficient (Wildman–Crippen LogP) is 1.98. The Morgan fingerprint density at radius 3 is 2.68 bits per heavy atom. The van der Waals surface area contributed by atoms with Crippen molar-refractivity contribution in [3.63, 3.8) is 0 Å². The molecule has 1 aliphatic rings. The molecule has 6 heteroatoms. The summed E-state index contributed by atoms with van der Waals surface area (Å²) in [5, 5.41) is 9.09. The first-order valence-electron chi connectivity index (χ1n) is 6.45. The van der Waals surface area contributed by atoms with E-state index in [9.17, 15) is 9.59 Å². The number of nitrogens with zero attached hydrogens (tertiary/aromatic N) is 2. The number of carboxylic acid groups (broad SMARTS) is 1. The maximum absolute atomic E-state index is 11.6. The van der Waals surface area contributed by atoms with Gasteiger partial charge in [-0.1, -0.05) is 0 Å². The van der Waals surface area contributed by atoms with E-state index in [1.807, 2.05) is 0 Å². The summed E-state index contributed by atoms with van der Waals surface area (Å²) in [6.07, 6.45) is 2.99. The number of hydrogen-bond acceptors (Lipinski definition) is 3. The number of piperidine rings is 1. The molecular weight excluding hydrogens is 248 g/mol. The molecule has 19 heavy (non-hydrogen) atoms. The molecule has 1 aromatic rings. The van der Waals surface area contributed by atoms with Crippen molar-refractivity contribution in [3.8, 4) is 0 Å². The van der Waals surface area contributed by atoms with Crippen LogP contribution >= 0.6 is 0 Å². The van der Waals surface area contributed by atoms with Gasteiger partial charge in [-0.15, -0.1) is 0 Å². The van der Waals surface area contributed by atoms with E-state index in [-0.39, 0.29) is 12.1 Å². The summed E-state index contributed by atoms with van der Waals surface area (Å²) in [6, 6.07) is 3.47. The van der Waals surface area contributed by atoms with Gasteiger partial charge in [-0.2, -0.15) is 0 Å². The van der Waals surface area contributed by atoms with Gasteiger partial charge in [0.15, 0.2) is 0 Å². The minimum absolute atomic E-state index is 0.131. The molecule has 1 amide bonds. The fourth-order valence-electron chi connectivity index (χ4n) is 2.43. The van der Waals surface area contributed by atoms with Gasteiger partial charge in [0.2, 0.25) is 0 Å². The van der Waals surface area contributed by atoms with Crippen molar-refractivity contribution >= 4 is 12.1 Å². The molecule has 0 bridgehead atoms. The van der Waals surface area contributed by atoms with E-state index < -0.39 is 5.97 Å². The number of aromatic carboxylic acids is 1. The van der Waals surface area contributed by atoms with Crippen molar-refractivity contribution in [2.45, 2.75) is 25.8 Å². The van der Waals surface area contributed by atoms with E-state index in [4.69, 9.17) is 9.84 Å². The molecular formula is C13H18N2O4. The highest BCUT2D eigenvalue weighted by Crippen LogP contribution is 2.24. The number of carbonyl (C=O) groups is 2. The van der Waals surface area contributed by atoms with Gasteiger partial charge in [0.05, 0.1) is 6.61 Å². The Labute approximate surface area is 111 Å². The molecule has 1 aromatic heterocycles. The molecule has 0 aromatic carbocycles. The van der Waals surface area contributed by atoms with E-state index in [0.29, 0.717) is 25.4 Å². The van der Waals surface area contributed by atoms with E-state index >= 15 is 0 Å². The highest BCUT2D eigenvalue weighted by atomic mass is 16.6. The summed E-state index contributed by atoms with van der Waals surface area (Å²) in [5.74, 6) is -0.919. The third-order valence-electron chi connectivity index (χ3n) is 3.38. The van der Waals surface area contributed by atoms with Crippen LogP contribution in [-0.2, 0) is 4.74 Å². The van der Waals surface area contributed by atoms with E-state index in [1.54, 1.807) is 34.7 Å². The first-order chi connectivity index (χ1) is 9.13. The van der Waals surface area contributed by atoms with Crippen LogP contribution in [0.2, 0.25) is 0 Å².